The summed E-state index contributed by atoms with van der Waals surface area (Å²) in [5, 5.41) is 13.5. The Labute approximate surface area is 319 Å². The summed E-state index contributed by atoms with van der Waals surface area (Å²) in [6, 6.07) is 8.32. The van der Waals surface area contributed by atoms with Gasteiger partial charge in [0, 0.05) is 38.8 Å². The number of aromatic nitrogens is 1. The number of aryl methyl sites for hydroxylation is 1. The summed E-state index contributed by atoms with van der Waals surface area (Å²) < 4.78 is 28.8. The van der Waals surface area contributed by atoms with Crippen LogP contribution in [0.25, 0.3) is 0 Å². The van der Waals surface area contributed by atoms with E-state index in [1.54, 1.807) is 53.3 Å². The number of benzene rings is 1. The van der Waals surface area contributed by atoms with Crippen LogP contribution in [0, 0.1) is 36.0 Å². The van der Waals surface area contributed by atoms with Crippen LogP contribution in [0.15, 0.2) is 36.5 Å². The van der Waals surface area contributed by atoms with E-state index in [4.69, 9.17) is 29.4 Å². The summed E-state index contributed by atoms with van der Waals surface area (Å²) in [4.78, 5) is 57.1. The maximum atomic E-state index is 13.7. The monoisotopic (exact) mass is 756 g/mol. The van der Waals surface area contributed by atoms with Gasteiger partial charge in [0.05, 0.1) is 42.5 Å². The summed E-state index contributed by atoms with van der Waals surface area (Å²) in [7, 11) is 3.23. The maximum absolute atomic E-state index is 13.7. The van der Waals surface area contributed by atoms with Crippen LogP contribution in [-0.4, -0.2) is 97.8 Å². The Balaban J connectivity index is 1.94. The van der Waals surface area contributed by atoms with Gasteiger partial charge < -0.3 is 39.8 Å². The van der Waals surface area contributed by atoms with Crippen LogP contribution < -0.4 is 20.5 Å². The first-order valence-electron chi connectivity index (χ1n) is 18.6. The summed E-state index contributed by atoms with van der Waals surface area (Å²) >= 11 is 0. The number of nitrogens with zero attached hydrogens (tertiary/aromatic N) is 2. The van der Waals surface area contributed by atoms with Crippen molar-refractivity contribution in [1.29, 1.82) is 0 Å². The first-order chi connectivity index (χ1) is 25.5. The van der Waals surface area contributed by atoms with Crippen molar-refractivity contribution >= 4 is 23.9 Å². The quantitative estimate of drug-likeness (QED) is 0.112. The minimum Gasteiger partial charge on any atom is -0.493 e. The molecule has 1 fully saturated rings. The summed E-state index contributed by atoms with van der Waals surface area (Å²) in [6.07, 6.45) is 0.400. The molecule has 1 unspecified atom stereocenters. The topological polar surface area (TPSA) is 189 Å². The molecule has 0 bridgehead atoms. The highest BCUT2D eigenvalue weighted by Gasteiger charge is 2.48. The number of hydrogen-bond acceptors (Lipinski definition) is 10. The minimum atomic E-state index is -1.23. The first-order valence-corrected chi connectivity index (χ1v) is 18.6. The zero-order valence-corrected chi connectivity index (χ0v) is 33.3. The number of carbonyl (C=O) groups is 4. The molecule has 1 aliphatic rings. The van der Waals surface area contributed by atoms with E-state index in [0.29, 0.717) is 49.7 Å². The van der Waals surface area contributed by atoms with Crippen LogP contribution in [0.2, 0.25) is 0 Å². The summed E-state index contributed by atoms with van der Waals surface area (Å²) in [5.41, 5.74) is 6.32. The highest BCUT2D eigenvalue weighted by Crippen LogP contribution is 2.37. The average molecular weight is 757 g/mol. The molecule has 1 aromatic heterocycles. The Bertz CT molecular complexity index is 1560. The van der Waals surface area contributed by atoms with Crippen LogP contribution >= 0.6 is 0 Å². The molecule has 2 aromatic rings. The molecule has 4 N–H and O–H groups in total. The second kappa shape index (κ2) is 20.3. The molecule has 0 aliphatic carbocycles. The van der Waals surface area contributed by atoms with Gasteiger partial charge >= 0.3 is 12.1 Å². The summed E-state index contributed by atoms with van der Waals surface area (Å²) in [5.74, 6) is -0.910. The van der Waals surface area contributed by atoms with Gasteiger partial charge in [-0.1, -0.05) is 33.8 Å². The van der Waals surface area contributed by atoms with E-state index in [9.17, 15) is 24.3 Å². The Morgan fingerprint density at radius 1 is 1.04 bits per heavy atom. The van der Waals surface area contributed by atoms with E-state index >= 15 is 0 Å². The molecule has 300 valence electrons. The average Bonchev–Trinajstić information content (AvgIpc) is 3.46. The van der Waals surface area contributed by atoms with E-state index in [2.05, 4.69) is 24.1 Å². The lowest BCUT2D eigenvalue weighted by Gasteiger charge is -2.33. The molecule has 14 nitrogen and oxygen atoms in total. The number of nitrogens with one attached hydrogen (secondary N) is 1. The third-order valence-electron chi connectivity index (χ3n) is 10.2. The molecule has 3 amide bonds. The lowest BCUT2D eigenvalue weighted by atomic mass is 9.80. The zero-order valence-electron chi connectivity index (χ0n) is 33.3. The molecular weight excluding hydrogens is 696 g/mol. The number of esters is 1. The van der Waals surface area contributed by atoms with Gasteiger partial charge in [0.15, 0.2) is 17.7 Å². The number of nitrogens with two attached hydrogens (primary N) is 1. The third kappa shape index (κ3) is 12.0. The SMILES string of the molecule is COCCCOc1cc(C[C@H](C[C@H]2[C@H](C[C@H](C(=O)NCC(C)(C)C(N)=O)C(C)C)OC(COC(=O)c3cccnc3C)N2C(=O)O)C(C)C)ccc1OC. The number of pyridine rings is 1. The van der Waals surface area contributed by atoms with Crippen LogP contribution in [0.1, 0.15) is 82.4 Å². The highest BCUT2D eigenvalue weighted by atomic mass is 16.6. The molecule has 14 heteroatoms. The van der Waals surface area contributed by atoms with Crippen molar-refractivity contribution in [3.8, 4) is 11.5 Å². The van der Waals surface area contributed by atoms with Gasteiger partial charge in [-0.05, 0) is 87.6 Å². The molecule has 5 atom stereocenters. The molecule has 1 saturated heterocycles. The van der Waals surface area contributed by atoms with Crippen molar-refractivity contribution in [2.45, 2.75) is 92.5 Å². The van der Waals surface area contributed by atoms with Crippen LogP contribution in [0.4, 0.5) is 4.79 Å². The van der Waals surface area contributed by atoms with E-state index in [1.807, 2.05) is 32.0 Å². The molecule has 0 saturated carbocycles. The summed E-state index contributed by atoms with van der Waals surface area (Å²) in [6.45, 7) is 13.7. The molecule has 2 heterocycles. The van der Waals surface area contributed by atoms with Gasteiger partial charge in [0.1, 0.15) is 6.61 Å². The molecule has 0 spiro atoms. The van der Waals surface area contributed by atoms with Crippen molar-refractivity contribution in [1.82, 2.24) is 15.2 Å². The van der Waals surface area contributed by atoms with Crippen molar-refractivity contribution < 1.29 is 48.0 Å². The number of carboxylic acid groups (broad SMARTS) is 1. The Hall–Kier alpha value is -4.43. The Kier molecular flexibility index (Phi) is 16.5. The normalized spacial score (nSPS) is 18.4. The standard InChI is InChI=1S/C40H60N4O10/c1-24(2)28(18-27-13-14-32(51-9)34(19-27)52-17-11-16-50-8)20-31-33(21-30(25(3)4)36(45)43-23-40(6,7)38(41)47)54-35(44(31)39(48)49)22-53-37(46)29-12-10-15-42-26(29)5/h10,12-15,19,24-25,28,30-31,33,35H,11,16-18,20-23H2,1-9H3,(H2,41,47)(H,43,45)(H,48,49)/t28-,30+,31+,33+,35?/m1/s1. The lowest BCUT2D eigenvalue weighted by molar-refractivity contribution is -0.130. The number of methoxy groups -OCH3 is 2. The van der Waals surface area contributed by atoms with Crippen molar-refractivity contribution in [2.75, 3.05) is 40.6 Å². The van der Waals surface area contributed by atoms with Gasteiger partial charge in [-0.3, -0.25) is 19.5 Å². The molecule has 3 rings (SSSR count). The predicted molar refractivity (Wildman–Crippen MR) is 202 cm³/mol. The van der Waals surface area contributed by atoms with Crippen molar-refractivity contribution in [3.63, 3.8) is 0 Å². The van der Waals surface area contributed by atoms with Gasteiger partial charge in [0.25, 0.3) is 0 Å². The van der Waals surface area contributed by atoms with Gasteiger partial charge in [-0.25, -0.2) is 9.59 Å². The number of amides is 3. The third-order valence-corrected chi connectivity index (χ3v) is 10.2. The van der Waals surface area contributed by atoms with E-state index < -0.39 is 47.7 Å². The number of carbonyl (C=O) groups excluding carboxylic acids is 3. The predicted octanol–water partition coefficient (Wildman–Crippen LogP) is 5.24. The number of hydrogen-bond donors (Lipinski definition) is 3. The maximum Gasteiger partial charge on any atom is 0.409 e. The Morgan fingerprint density at radius 2 is 1.76 bits per heavy atom. The molecular formula is C40H60N4O10. The van der Waals surface area contributed by atoms with Crippen molar-refractivity contribution in [2.24, 2.45) is 34.8 Å². The second-order valence-electron chi connectivity index (χ2n) is 15.3. The second-order valence-corrected chi connectivity index (χ2v) is 15.3. The fourth-order valence-corrected chi connectivity index (χ4v) is 6.55. The van der Waals surface area contributed by atoms with E-state index in [0.717, 1.165) is 5.56 Å². The largest absolute Gasteiger partial charge is 0.493 e. The van der Waals surface area contributed by atoms with Gasteiger partial charge in [-0.2, -0.15) is 0 Å². The Morgan fingerprint density at radius 3 is 2.35 bits per heavy atom. The number of primary amides is 1. The van der Waals surface area contributed by atoms with Crippen molar-refractivity contribution in [3.05, 3.63) is 53.3 Å². The van der Waals surface area contributed by atoms with Crippen LogP contribution in [0.3, 0.4) is 0 Å². The lowest BCUT2D eigenvalue weighted by Crippen LogP contribution is -2.47. The van der Waals surface area contributed by atoms with E-state index in [-0.39, 0.29) is 48.8 Å². The van der Waals surface area contributed by atoms with Gasteiger partial charge in [0.2, 0.25) is 11.8 Å². The first kappa shape index (κ1) is 44.0. The minimum absolute atomic E-state index is 0.0280. The highest BCUT2D eigenvalue weighted by molar-refractivity contribution is 5.90. The number of ether oxygens (including phenoxy) is 5. The molecule has 54 heavy (non-hydrogen) atoms. The molecule has 1 aliphatic heterocycles. The van der Waals surface area contributed by atoms with Gasteiger partial charge in [-0.15, -0.1) is 0 Å². The molecule has 1 aromatic carbocycles. The van der Waals surface area contributed by atoms with Crippen LogP contribution in [0.5, 0.6) is 11.5 Å². The smallest absolute Gasteiger partial charge is 0.409 e. The molecule has 0 radical (unpaired) electrons. The van der Waals surface area contributed by atoms with E-state index in [1.165, 1.54) is 4.90 Å². The fourth-order valence-electron chi connectivity index (χ4n) is 6.55. The van der Waals surface area contributed by atoms with Crippen LogP contribution in [-0.2, 0) is 30.2 Å². The zero-order chi connectivity index (χ0) is 40.2. The number of rotatable bonds is 21. The fraction of sp³-hybridized carbons (Fsp3) is 0.625.